The fraction of sp³-hybridized carbons (Fsp3) is 0.529. The number of hydrogen-bond donors (Lipinski definition) is 2. The lowest BCUT2D eigenvalue weighted by molar-refractivity contribution is -0.125. The molecule has 2 fully saturated rings. The molecular weight excluding hydrogens is 344 g/mol. The number of nitriles is 1. The molecule has 0 radical (unpaired) electrons. The molecule has 3 atom stereocenters. The molecule has 1 aromatic carbocycles. The van der Waals surface area contributed by atoms with E-state index in [1.807, 2.05) is 12.1 Å². The monoisotopic (exact) mass is 362 g/mol. The number of halogens is 1. The van der Waals surface area contributed by atoms with Gasteiger partial charge in [-0.05, 0) is 58.8 Å². The molecule has 0 aromatic heterocycles. The molecule has 2 N–H and O–H groups in total. The predicted molar refractivity (Wildman–Crippen MR) is 86.1 cm³/mol. The molecule has 1 aromatic rings. The molecule has 0 bridgehead atoms. The molecule has 4 nitrogen and oxygen atoms in total. The zero-order valence-corrected chi connectivity index (χ0v) is 13.9. The van der Waals surface area contributed by atoms with Crippen LogP contribution in [0, 0.1) is 17.2 Å². The third kappa shape index (κ3) is 2.26. The Labute approximate surface area is 138 Å². The number of nitrogens with one attached hydrogen (secondary N) is 1. The number of aliphatic hydroxyl groups is 1. The van der Waals surface area contributed by atoms with Crippen LogP contribution in [0.1, 0.15) is 43.2 Å². The highest BCUT2D eigenvalue weighted by Crippen LogP contribution is 2.48. The van der Waals surface area contributed by atoms with E-state index in [-0.39, 0.29) is 24.5 Å². The first-order valence-electron chi connectivity index (χ1n) is 7.75. The molecule has 22 heavy (non-hydrogen) atoms. The SMILES string of the molecule is N#Cc1ccc(C2(CCO)C(=O)NC3CCCCC32)cc1Br. The first-order chi connectivity index (χ1) is 10.6. The minimum absolute atomic E-state index is 0.0196. The van der Waals surface area contributed by atoms with Crippen molar-refractivity contribution in [2.45, 2.75) is 43.6 Å². The van der Waals surface area contributed by atoms with Crippen molar-refractivity contribution in [2.24, 2.45) is 5.92 Å². The minimum Gasteiger partial charge on any atom is -0.396 e. The van der Waals surface area contributed by atoms with Crippen LogP contribution in [0.4, 0.5) is 0 Å². The van der Waals surface area contributed by atoms with Crippen molar-refractivity contribution < 1.29 is 9.90 Å². The third-order valence-corrected chi connectivity index (χ3v) is 5.89. The van der Waals surface area contributed by atoms with Crippen LogP contribution in [0.25, 0.3) is 0 Å². The van der Waals surface area contributed by atoms with Gasteiger partial charge in [-0.2, -0.15) is 5.26 Å². The van der Waals surface area contributed by atoms with E-state index in [0.717, 1.165) is 31.2 Å². The Bertz CT molecular complexity index is 640. The van der Waals surface area contributed by atoms with Crippen LogP contribution in [-0.4, -0.2) is 23.7 Å². The third-order valence-electron chi connectivity index (χ3n) is 5.23. The Morgan fingerprint density at radius 2 is 2.18 bits per heavy atom. The van der Waals surface area contributed by atoms with Gasteiger partial charge in [0.05, 0.1) is 11.0 Å². The number of aliphatic hydroxyl groups excluding tert-OH is 1. The molecule has 1 amide bonds. The summed E-state index contributed by atoms with van der Waals surface area (Å²) >= 11 is 3.42. The second kappa shape index (κ2) is 6.02. The maximum absolute atomic E-state index is 12.8. The summed E-state index contributed by atoms with van der Waals surface area (Å²) in [5.74, 6) is 0.246. The highest BCUT2D eigenvalue weighted by atomic mass is 79.9. The summed E-state index contributed by atoms with van der Waals surface area (Å²) < 4.78 is 0.705. The van der Waals surface area contributed by atoms with E-state index >= 15 is 0 Å². The van der Waals surface area contributed by atoms with E-state index in [1.54, 1.807) is 6.07 Å². The number of carbonyl (C=O) groups excluding carboxylic acids is 1. The van der Waals surface area contributed by atoms with Crippen molar-refractivity contribution in [3.05, 3.63) is 33.8 Å². The maximum atomic E-state index is 12.8. The molecule has 3 rings (SSSR count). The standard InChI is InChI=1S/C17H19BrN2O2/c18-14-9-12(6-5-11(14)10-19)17(7-8-21)13-3-1-2-4-15(13)20-16(17)22/h5-6,9,13,15,21H,1-4,7-8H2,(H,20,22). The van der Waals surface area contributed by atoms with E-state index in [9.17, 15) is 9.90 Å². The van der Waals surface area contributed by atoms with Gasteiger partial charge in [0.15, 0.2) is 0 Å². The molecule has 5 heteroatoms. The molecule has 3 unspecified atom stereocenters. The normalized spacial score (nSPS) is 30.5. The maximum Gasteiger partial charge on any atom is 0.231 e. The van der Waals surface area contributed by atoms with Crippen molar-refractivity contribution in [1.82, 2.24) is 5.32 Å². The first kappa shape index (κ1) is 15.5. The zero-order chi connectivity index (χ0) is 15.7. The predicted octanol–water partition coefficient (Wildman–Crippen LogP) is 2.63. The average Bonchev–Trinajstić information content (AvgIpc) is 2.81. The Kier molecular flexibility index (Phi) is 4.24. The van der Waals surface area contributed by atoms with Gasteiger partial charge in [0, 0.05) is 17.1 Å². The highest BCUT2D eigenvalue weighted by Gasteiger charge is 2.55. The summed E-state index contributed by atoms with van der Waals surface area (Å²) in [5, 5.41) is 21.8. The molecular formula is C17H19BrN2O2. The Morgan fingerprint density at radius 1 is 1.41 bits per heavy atom. The Hall–Kier alpha value is -1.38. The summed E-state index contributed by atoms with van der Waals surface area (Å²) in [4.78, 5) is 12.8. The van der Waals surface area contributed by atoms with Gasteiger partial charge in [0.2, 0.25) is 5.91 Å². The van der Waals surface area contributed by atoms with Gasteiger partial charge in [0.1, 0.15) is 6.07 Å². The summed E-state index contributed by atoms with van der Waals surface area (Å²) in [7, 11) is 0. The molecule has 1 heterocycles. The van der Waals surface area contributed by atoms with E-state index in [1.165, 1.54) is 0 Å². The molecule has 1 saturated heterocycles. The van der Waals surface area contributed by atoms with Gasteiger partial charge in [0.25, 0.3) is 0 Å². The van der Waals surface area contributed by atoms with Crippen LogP contribution < -0.4 is 5.32 Å². The molecule has 1 aliphatic carbocycles. The second-order valence-corrected chi connectivity index (χ2v) is 7.08. The van der Waals surface area contributed by atoms with E-state index < -0.39 is 5.41 Å². The molecule has 1 saturated carbocycles. The molecule has 1 aliphatic heterocycles. The Balaban J connectivity index is 2.10. The van der Waals surface area contributed by atoms with E-state index in [4.69, 9.17) is 5.26 Å². The summed E-state index contributed by atoms with van der Waals surface area (Å²) in [6.45, 7) is -0.0196. The van der Waals surface area contributed by atoms with Crippen LogP contribution >= 0.6 is 15.9 Å². The van der Waals surface area contributed by atoms with Gasteiger partial charge >= 0.3 is 0 Å². The Morgan fingerprint density at radius 3 is 2.86 bits per heavy atom. The highest BCUT2D eigenvalue weighted by molar-refractivity contribution is 9.10. The van der Waals surface area contributed by atoms with Gasteiger partial charge in [-0.1, -0.05) is 18.9 Å². The number of hydrogen-bond acceptors (Lipinski definition) is 3. The smallest absolute Gasteiger partial charge is 0.231 e. The van der Waals surface area contributed by atoms with Crippen LogP contribution in [0.15, 0.2) is 22.7 Å². The summed E-state index contributed by atoms with van der Waals surface area (Å²) in [6.07, 6.45) is 4.72. The minimum atomic E-state index is -0.670. The average molecular weight is 363 g/mol. The molecule has 116 valence electrons. The van der Waals surface area contributed by atoms with Gasteiger partial charge < -0.3 is 10.4 Å². The number of benzene rings is 1. The zero-order valence-electron chi connectivity index (χ0n) is 12.3. The second-order valence-electron chi connectivity index (χ2n) is 6.22. The van der Waals surface area contributed by atoms with Crippen LogP contribution in [-0.2, 0) is 10.2 Å². The van der Waals surface area contributed by atoms with Crippen molar-refractivity contribution in [2.75, 3.05) is 6.61 Å². The first-order valence-corrected chi connectivity index (χ1v) is 8.54. The van der Waals surface area contributed by atoms with Gasteiger partial charge in [-0.25, -0.2) is 0 Å². The largest absolute Gasteiger partial charge is 0.396 e. The molecule has 2 aliphatic rings. The fourth-order valence-corrected chi connectivity index (χ4v) is 4.67. The van der Waals surface area contributed by atoms with Crippen LogP contribution in [0.3, 0.4) is 0 Å². The number of rotatable bonds is 3. The van der Waals surface area contributed by atoms with Gasteiger partial charge in [-0.15, -0.1) is 0 Å². The fourth-order valence-electron chi connectivity index (χ4n) is 4.21. The molecule has 0 spiro atoms. The van der Waals surface area contributed by atoms with Crippen molar-refractivity contribution in [3.8, 4) is 6.07 Å². The topological polar surface area (TPSA) is 73.1 Å². The number of fused-ring (bicyclic) bond motifs is 1. The van der Waals surface area contributed by atoms with E-state index in [0.29, 0.717) is 16.5 Å². The number of nitrogens with zero attached hydrogens (tertiary/aromatic N) is 1. The lowest BCUT2D eigenvalue weighted by Crippen LogP contribution is -2.41. The summed E-state index contributed by atoms with van der Waals surface area (Å²) in [5.41, 5.74) is 0.789. The summed E-state index contributed by atoms with van der Waals surface area (Å²) in [6, 6.07) is 7.84. The van der Waals surface area contributed by atoms with Crippen LogP contribution in [0.5, 0.6) is 0 Å². The van der Waals surface area contributed by atoms with Gasteiger partial charge in [-0.3, -0.25) is 4.79 Å². The number of amides is 1. The lowest BCUT2D eigenvalue weighted by atomic mass is 9.64. The lowest BCUT2D eigenvalue weighted by Gasteiger charge is -2.37. The van der Waals surface area contributed by atoms with Crippen LogP contribution in [0.2, 0.25) is 0 Å². The van der Waals surface area contributed by atoms with E-state index in [2.05, 4.69) is 27.3 Å². The van der Waals surface area contributed by atoms with Crippen molar-refractivity contribution in [3.63, 3.8) is 0 Å². The number of carbonyl (C=O) groups is 1. The van der Waals surface area contributed by atoms with Crippen molar-refractivity contribution in [1.29, 1.82) is 5.26 Å². The quantitative estimate of drug-likeness (QED) is 0.867. The van der Waals surface area contributed by atoms with Crippen molar-refractivity contribution >= 4 is 21.8 Å².